The molecule has 0 unspecified atom stereocenters. The van der Waals surface area contributed by atoms with Crippen molar-refractivity contribution >= 4 is 28.5 Å². The van der Waals surface area contributed by atoms with Crippen LogP contribution in [0, 0.1) is 0 Å². The van der Waals surface area contributed by atoms with Gasteiger partial charge in [0.2, 0.25) is 0 Å². The van der Waals surface area contributed by atoms with Crippen LogP contribution in [0.2, 0.25) is 0 Å². The largest absolute Gasteiger partial charge is 0.496 e. The van der Waals surface area contributed by atoms with E-state index in [1.807, 2.05) is 18.2 Å². The van der Waals surface area contributed by atoms with Gasteiger partial charge in [0, 0.05) is 55.4 Å². The highest BCUT2D eigenvalue weighted by Crippen LogP contribution is 2.29. The Balaban J connectivity index is 1.28. The number of hydrogen-bond acceptors (Lipinski definition) is 5. The van der Waals surface area contributed by atoms with Crippen LogP contribution >= 0.6 is 0 Å². The second-order valence-electron chi connectivity index (χ2n) is 8.68. The summed E-state index contributed by atoms with van der Waals surface area (Å²) in [5, 5.41) is 8.57. The van der Waals surface area contributed by atoms with E-state index >= 15 is 0 Å². The first-order chi connectivity index (χ1) is 15.6. The van der Waals surface area contributed by atoms with Gasteiger partial charge in [-0.1, -0.05) is 48.6 Å². The lowest BCUT2D eigenvalue weighted by molar-refractivity contribution is 0.363. The first-order valence-electron chi connectivity index (χ1n) is 11.5. The minimum atomic E-state index is 0.473. The molecule has 0 aliphatic heterocycles. The molecule has 4 rings (SSSR count). The molecule has 0 bridgehead atoms. The first kappa shape index (κ1) is 22.2. The summed E-state index contributed by atoms with van der Waals surface area (Å²) in [4.78, 5) is 7.02. The first-order valence-corrected chi connectivity index (χ1v) is 11.5. The van der Waals surface area contributed by atoms with Gasteiger partial charge in [0.25, 0.3) is 0 Å². The van der Waals surface area contributed by atoms with Gasteiger partial charge in [-0.15, -0.1) is 0 Å². The number of aromatic nitrogens is 1. The molecule has 1 fully saturated rings. The molecule has 1 aliphatic rings. The maximum Gasteiger partial charge on any atom is 0.128 e. The highest BCUT2D eigenvalue weighted by molar-refractivity contribution is 5.93. The van der Waals surface area contributed by atoms with Crippen molar-refractivity contribution in [2.24, 2.45) is 0 Å². The molecule has 1 saturated carbocycles. The number of methoxy groups -OCH3 is 1. The summed E-state index contributed by atoms with van der Waals surface area (Å²) >= 11 is 0. The SMILES string of the molecule is COc1ccccc1C=CCNC1CCC(Nc2cc(N(C)C)c3ccccc3n2)CC1. The number of nitrogens with zero attached hydrogens (tertiary/aromatic N) is 2. The van der Waals surface area contributed by atoms with Gasteiger partial charge in [-0.2, -0.15) is 0 Å². The highest BCUT2D eigenvalue weighted by atomic mass is 16.5. The van der Waals surface area contributed by atoms with Crippen molar-refractivity contribution in [1.82, 2.24) is 10.3 Å². The molecule has 3 aromatic rings. The fourth-order valence-corrected chi connectivity index (χ4v) is 4.48. The van der Waals surface area contributed by atoms with E-state index in [9.17, 15) is 0 Å². The molecule has 168 valence electrons. The van der Waals surface area contributed by atoms with Gasteiger partial charge in [0.15, 0.2) is 0 Å². The molecule has 0 saturated heterocycles. The van der Waals surface area contributed by atoms with E-state index in [0.29, 0.717) is 12.1 Å². The molecule has 1 heterocycles. The Morgan fingerprint density at radius 3 is 2.50 bits per heavy atom. The monoisotopic (exact) mass is 430 g/mol. The Kier molecular flexibility index (Phi) is 7.28. The van der Waals surface area contributed by atoms with Crippen LogP contribution < -0.4 is 20.3 Å². The van der Waals surface area contributed by atoms with Crippen molar-refractivity contribution < 1.29 is 4.74 Å². The fraction of sp³-hybridized carbons (Fsp3) is 0.370. The third-order valence-electron chi connectivity index (χ3n) is 6.22. The second-order valence-corrected chi connectivity index (χ2v) is 8.68. The summed E-state index contributed by atoms with van der Waals surface area (Å²) in [5.41, 5.74) is 3.36. The van der Waals surface area contributed by atoms with Gasteiger partial charge in [0.1, 0.15) is 11.6 Å². The van der Waals surface area contributed by atoms with E-state index in [0.717, 1.165) is 42.0 Å². The van der Waals surface area contributed by atoms with E-state index in [-0.39, 0.29) is 0 Å². The highest BCUT2D eigenvalue weighted by Gasteiger charge is 2.21. The van der Waals surface area contributed by atoms with E-state index in [1.165, 1.54) is 23.9 Å². The number of nitrogens with one attached hydrogen (secondary N) is 2. The molecule has 0 radical (unpaired) electrons. The predicted molar refractivity (Wildman–Crippen MR) is 136 cm³/mol. The molecule has 0 spiro atoms. The van der Waals surface area contributed by atoms with Crippen LogP contribution in [0.5, 0.6) is 5.75 Å². The molecule has 32 heavy (non-hydrogen) atoms. The minimum absolute atomic E-state index is 0.473. The van der Waals surface area contributed by atoms with Gasteiger partial charge in [-0.3, -0.25) is 0 Å². The normalized spacial score (nSPS) is 18.7. The van der Waals surface area contributed by atoms with Crippen LogP contribution in [0.15, 0.2) is 60.7 Å². The summed E-state index contributed by atoms with van der Waals surface area (Å²) in [6.45, 7) is 0.874. The summed E-state index contributed by atoms with van der Waals surface area (Å²) in [7, 11) is 5.89. The van der Waals surface area contributed by atoms with Crippen molar-refractivity contribution in [2.75, 3.05) is 38.0 Å². The molecule has 5 heteroatoms. The zero-order valence-corrected chi connectivity index (χ0v) is 19.3. The lowest BCUT2D eigenvalue weighted by Crippen LogP contribution is -2.37. The molecular formula is C27H34N4O. The smallest absolute Gasteiger partial charge is 0.128 e. The summed E-state index contributed by atoms with van der Waals surface area (Å²) < 4.78 is 5.41. The molecule has 5 nitrogen and oxygen atoms in total. The molecule has 0 amide bonds. The van der Waals surface area contributed by atoms with E-state index in [1.54, 1.807) is 7.11 Å². The lowest BCUT2D eigenvalue weighted by Gasteiger charge is -2.30. The third-order valence-corrected chi connectivity index (χ3v) is 6.22. The molecule has 2 aromatic carbocycles. The molecule has 2 N–H and O–H groups in total. The maximum atomic E-state index is 5.41. The summed E-state index contributed by atoms with van der Waals surface area (Å²) in [6, 6.07) is 19.7. The zero-order chi connectivity index (χ0) is 22.3. The lowest BCUT2D eigenvalue weighted by atomic mass is 9.91. The van der Waals surface area contributed by atoms with Crippen molar-refractivity contribution in [3.63, 3.8) is 0 Å². The Labute approximate surface area is 191 Å². The second kappa shape index (κ2) is 10.5. The van der Waals surface area contributed by atoms with Crippen LogP contribution in [0.1, 0.15) is 31.2 Å². The quantitative estimate of drug-likeness (QED) is 0.505. The molecule has 0 atom stereocenters. The van der Waals surface area contributed by atoms with Crippen LogP contribution in [-0.2, 0) is 0 Å². The summed E-state index contributed by atoms with van der Waals surface area (Å²) in [6.07, 6.45) is 8.97. The number of fused-ring (bicyclic) bond motifs is 1. The van der Waals surface area contributed by atoms with E-state index in [2.05, 4.69) is 78.2 Å². The number of anilines is 2. The van der Waals surface area contributed by atoms with Crippen LogP contribution in [-0.4, -0.2) is 44.8 Å². The number of rotatable bonds is 8. The van der Waals surface area contributed by atoms with Crippen LogP contribution in [0.25, 0.3) is 17.0 Å². The van der Waals surface area contributed by atoms with Crippen LogP contribution in [0.4, 0.5) is 11.5 Å². The van der Waals surface area contributed by atoms with Crippen molar-refractivity contribution in [3.8, 4) is 5.75 Å². The fourth-order valence-electron chi connectivity index (χ4n) is 4.48. The molecule has 1 aromatic heterocycles. The van der Waals surface area contributed by atoms with Gasteiger partial charge < -0.3 is 20.3 Å². The standard InChI is InChI=1S/C27H34N4O/c1-31(2)25-19-27(30-24-12-6-5-11-23(24)25)29-22-16-14-21(15-17-22)28-18-8-10-20-9-4-7-13-26(20)32-3/h4-13,19,21-22,28H,14-18H2,1-3H3,(H,29,30). The average molecular weight is 431 g/mol. The third kappa shape index (κ3) is 5.40. The number of hydrogen-bond donors (Lipinski definition) is 2. The van der Waals surface area contributed by atoms with Gasteiger partial charge in [0.05, 0.1) is 12.6 Å². The van der Waals surface area contributed by atoms with Crippen LogP contribution in [0.3, 0.4) is 0 Å². The average Bonchev–Trinajstić information content (AvgIpc) is 2.82. The Bertz CT molecular complexity index is 1050. The number of pyridine rings is 1. The maximum absolute atomic E-state index is 5.41. The minimum Gasteiger partial charge on any atom is -0.496 e. The number of benzene rings is 2. The van der Waals surface area contributed by atoms with Crippen molar-refractivity contribution in [1.29, 1.82) is 0 Å². The van der Waals surface area contributed by atoms with Gasteiger partial charge in [-0.05, 0) is 37.8 Å². The molecule has 1 aliphatic carbocycles. The Hall–Kier alpha value is -3.05. The van der Waals surface area contributed by atoms with E-state index in [4.69, 9.17) is 9.72 Å². The topological polar surface area (TPSA) is 49.4 Å². The predicted octanol–water partition coefficient (Wildman–Crippen LogP) is 5.34. The Morgan fingerprint density at radius 1 is 1.00 bits per heavy atom. The summed E-state index contributed by atoms with van der Waals surface area (Å²) in [5.74, 6) is 1.89. The zero-order valence-electron chi connectivity index (χ0n) is 19.3. The number of ether oxygens (including phenoxy) is 1. The van der Waals surface area contributed by atoms with Crippen molar-refractivity contribution in [2.45, 2.75) is 37.8 Å². The van der Waals surface area contributed by atoms with Crippen molar-refractivity contribution in [3.05, 3.63) is 66.2 Å². The van der Waals surface area contributed by atoms with E-state index < -0.39 is 0 Å². The Morgan fingerprint density at radius 2 is 1.72 bits per heavy atom. The van der Waals surface area contributed by atoms with Gasteiger partial charge in [-0.25, -0.2) is 4.98 Å². The molecular weight excluding hydrogens is 396 g/mol. The van der Waals surface area contributed by atoms with Gasteiger partial charge >= 0.3 is 0 Å². The number of para-hydroxylation sites is 2.